The molecule has 0 aromatic rings. The van der Waals surface area contributed by atoms with Crippen molar-refractivity contribution in [2.75, 3.05) is 0 Å². The van der Waals surface area contributed by atoms with Gasteiger partial charge in [0.15, 0.2) is 8.32 Å². The molecule has 1 saturated carbocycles. The third-order valence-corrected chi connectivity index (χ3v) is 9.55. The van der Waals surface area contributed by atoms with Crippen LogP contribution in [0, 0.1) is 0 Å². The third-order valence-electron chi connectivity index (χ3n) is 3.62. The fourth-order valence-corrected chi connectivity index (χ4v) is 4.19. The van der Waals surface area contributed by atoms with Gasteiger partial charge in [-0.05, 0) is 37.4 Å². The molecule has 3 heteroatoms. The fraction of sp³-hybridized carbons (Fsp3) is 1.00. The van der Waals surface area contributed by atoms with Crippen molar-refractivity contribution in [2.24, 2.45) is 0 Å². The van der Waals surface area contributed by atoms with Gasteiger partial charge in [-0.25, -0.2) is 0 Å². The van der Waals surface area contributed by atoms with Gasteiger partial charge in [0, 0.05) is 3.92 Å². The molecule has 0 aliphatic heterocycles. The third kappa shape index (κ3) is 2.95. The molecule has 0 heterocycles. The standard InChI is InChI=1S/C11H23IOSi/c1-11(2,3)14(4,5)13-10-8-6-7-9(10)12/h9-10H,6-8H2,1-5H3/t9-,10+/m1/s1. The molecule has 1 aliphatic carbocycles. The normalized spacial score (nSPS) is 29.6. The summed E-state index contributed by atoms with van der Waals surface area (Å²) < 4.78 is 7.16. The van der Waals surface area contributed by atoms with E-state index in [1.165, 1.54) is 19.3 Å². The first-order valence-corrected chi connectivity index (χ1v) is 9.71. The zero-order valence-corrected chi connectivity index (χ0v) is 13.2. The Morgan fingerprint density at radius 2 is 1.79 bits per heavy atom. The Kier molecular flexibility index (Phi) is 4.09. The predicted octanol–water partition coefficient (Wildman–Crippen LogP) is 4.36. The lowest BCUT2D eigenvalue weighted by Crippen LogP contribution is -2.44. The lowest BCUT2D eigenvalue weighted by atomic mass is 10.2. The lowest BCUT2D eigenvalue weighted by Gasteiger charge is -2.39. The van der Waals surface area contributed by atoms with E-state index in [0.717, 1.165) is 3.92 Å². The highest BCUT2D eigenvalue weighted by atomic mass is 127. The van der Waals surface area contributed by atoms with Crippen molar-refractivity contribution in [3.05, 3.63) is 0 Å². The summed E-state index contributed by atoms with van der Waals surface area (Å²) in [5.74, 6) is 0. The van der Waals surface area contributed by atoms with Gasteiger partial charge in [0.2, 0.25) is 0 Å². The Morgan fingerprint density at radius 3 is 2.14 bits per heavy atom. The molecule has 0 radical (unpaired) electrons. The van der Waals surface area contributed by atoms with Crippen LogP contribution in [0.5, 0.6) is 0 Å². The van der Waals surface area contributed by atoms with E-state index in [0.29, 0.717) is 11.1 Å². The van der Waals surface area contributed by atoms with E-state index in [2.05, 4.69) is 56.5 Å². The maximum absolute atomic E-state index is 6.41. The molecule has 84 valence electrons. The van der Waals surface area contributed by atoms with Crippen LogP contribution in [0.25, 0.3) is 0 Å². The Labute approximate surface area is 103 Å². The van der Waals surface area contributed by atoms with Crippen molar-refractivity contribution < 1.29 is 4.43 Å². The summed E-state index contributed by atoms with van der Waals surface area (Å²) in [4.78, 5) is 0. The van der Waals surface area contributed by atoms with E-state index in [4.69, 9.17) is 4.43 Å². The van der Waals surface area contributed by atoms with Gasteiger partial charge in [-0.1, -0.05) is 43.4 Å². The van der Waals surface area contributed by atoms with Crippen LogP contribution in [0.3, 0.4) is 0 Å². The Morgan fingerprint density at radius 1 is 1.21 bits per heavy atom. The topological polar surface area (TPSA) is 9.23 Å². The minimum Gasteiger partial charge on any atom is -0.413 e. The summed E-state index contributed by atoms with van der Waals surface area (Å²) >= 11 is 2.56. The van der Waals surface area contributed by atoms with E-state index in [-0.39, 0.29) is 0 Å². The van der Waals surface area contributed by atoms with E-state index >= 15 is 0 Å². The largest absolute Gasteiger partial charge is 0.413 e. The van der Waals surface area contributed by atoms with Gasteiger partial charge < -0.3 is 4.43 Å². The monoisotopic (exact) mass is 326 g/mol. The average Bonchev–Trinajstić information content (AvgIpc) is 2.33. The molecular weight excluding hydrogens is 303 g/mol. The molecule has 0 aromatic heterocycles. The summed E-state index contributed by atoms with van der Waals surface area (Å²) in [5, 5.41) is 0.353. The molecule has 0 bridgehead atoms. The van der Waals surface area contributed by atoms with E-state index < -0.39 is 8.32 Å². The van der Waals surface area contributed by atoms with Crippen LogP contribution in [-0.2, 0) is 4.43 Å². The van der Waals surface area contributed by atoms with Crippen LogP contribution in [-0.4, -0.2) is 18.3 Å². The van der Waals surface area contributed by atoms with Gasteiger partial charge in [0.25, 0.3) is 0 Å². The summed E-state index contributed by atoms with van der Waals surface area (Å²) in [6.45, 7) is 11.7. The molecule has 0 aromatic carbocycles. The van der Waals surface area contributed by atoms with Gasteiger partial charge in [0.05, 0.1) is 6.10 Å². The molecule has 1 rings (SSSR count). The molecule has 0 spiro atoms. The lowest BCUT2D eigenvalue weighted by molar-refractivity contribution is 0.196. The van der Waals surface area contributed by atoms with E-state index in [9.17, 15) is 0 Å². The van der Waals surface area contributed by atoms with Gasteiger partial charge >= 0.3 is 0 Å². The first-order chi connectivity index (χ1) is 6.24. The van der Waals surface area contributed by atoms with E-state index in [1.807, 2.05) is 0 Å². The first-order valence-electron chi connectivity index (χ1n) is 5.56. The minimum atomic E-state index is -1.52. The molecule has 0 saturated heterocycles. The number of alkyl halides is 1. The maximum atomic E-state index is 6.41. The quantitative estimate of drug-likeness (QED) is 0.416. The van der Waals surface area contributed by atoms with Crippen molar-refractivity contribution in [2.45, 2.75) is 68.2 Å². The highest BCUT2D eigenvalue weighted by Crippen LogP contribution is 2.40. The van der Waals surface area contributed by atoms with Gasteiger partial charge in [-0.2, -0.15) is 0 Å². The van der Waals surface area contributed by atoms with Crippen molar-refractivity contribution >= 4 is 30.9 Å². The minimum absolute atomic E-state index is 0.353. The van der Waals surface area contributed by atoms with Crippen LogP contribution >= 0.6 is 22.6 Å². The number of halogens is 1. The van der Waals surface area contributed by atoms with Crippen LogP contribution in [0.1, 0.15) is 40.0 Å². The van der Waals surface area contributed by atoms with Crippen molar-refractivity contribution in [3.8, 4) is 0 Å². The average molecular weight is 326 g/mol. The van der Waals surface area contributed by atoms with Crippen LogP contribution in [0.15, 0.2) is 0 Å². The number of hydrogen-bond acceptors (Lipinski definition) is 1. The molecule has 0 amide bonds. The first kappa shape index (κ1) is 13.0. The molecule has 1 fully saturated rings. The highest BCUT2D eigenvalue weighted by Gasteiger charge is 2.41. The second-order valence-electron chi connectivity index (χ2n) is 5.86. The van der Waals surface area contributed by atoms with Crippen molar-refractivity contribution in [3.63, 3.8) is 0 Å². The zero-order chi connectivity index (χ0) is 11.0. The van der Waals surface area contributed by atoms with Gasteiger partial charge in [0.1, 0.15) is 0 Å². The molecule has 0 unspecified atom stereocenters. The maximum Gasteiger partial charge on any atom is 0.192 e. The molecule has 2 atom stereocenters. The SMILES string of the molecule is CC(C)(C)[Si](C)(C)O[C@H]1CCC[C@H]1I. The van der Waals surface area contributed by atoms with E-state index in [1.54, 1.807) is 0 Å². The van der Waals surface area contributed by atoms with Gasteiger partial charge in [-0.3, -0.25) is 0 Å². The summed E-state index contributed by atoms with van der Waals surface area (Å²) in [6.07, 6.45) is 4.52. The zero-order valence-electron chi connectivity index (χ0n) is 10.1. The molecular formula is C11H23IOSi. The summed E-state index contributed by atoms with van der Waals surface area (Å²) in [7, 11) is -1.52. The Bertz CT molecular complexity index is 198. The second kappa shape index (κ2) is 4.42. The summed E-state index contributed by atoms with van der Waals surface area (Å²) in [6, 6.07) is 0. The Balaban J connectivity index is 2.58. The smallest absolute Gasteiger partial charge is 0.192 e. The van der Waals surface area contributed by atoms with Gasteiger partial charge in [-0.15, -0.1) is 0 Å². The highest BCUT2D eigenvalue weighted by molar-refractivity contribution is 14.1. The van der Waals surface area contributed by atoms with Crippen LogP contribution < -0.4 is 0 Å². The molecule has 1 aliphatic rings. The van der Waals surface area contributed by atoms with Crippen LogP contribution in [0.2, 0.25) is 18.1 Å². The van der Waals surface area contributed by atoms with Crippen LogP contribution in [0.4, 0.5) is 0 Å². The van der Waals surface area contributed by atoms with Crippen molar-refractivity contribution in [1.29, 1.82) is 0 Å². The molecule has 0 N–H and O–H groups in total. The molecule has 14 heavy (non-hydrogen) atoms. The second-order valence-corrected chi connectivity index (χ2v) is 12.2. The number of hydrogen-bond donors (Lipinski definition) is 0. The summed E-state index contributed by atoms with van der Waals surface area (Å²) in [5.41, 5.74) is 0. The van der Waals surface area contributed by atoms with Crippen molar-refractivity contribution in [1.82, 2.24) is 0 Å². The fourth-order valence-electron chi connectivity index (χ4n) is 1.57. The molecule has 1 nitrogen and oxygen atoms in total. The predicted molar refractivity (Wildman–Crippen MR) is 73.7 cm³/mol. The number of rotatable bonds is 2. The Hall–Kier alpha value is 0.907.